The molecule has 1 N–H and O–H groups in total. The summed E-state index contributed by atoms with van der Waals surface area (Å²) in [7, 11) is 2.50. The van der Waals surface area contributed by atoms with Crippen LogP contribution in [0.25, 0.3) is 21.9 Å². The van der Waals surface area contributed by atoms with Crippen molar-refractivity contribution in [3.63, 3.8) is 0 Å². The number of anilines is 2. The maximum atomic E-state index is 12.6. The van der Waals surface area contributed by atoms with E-state index in [1.54, 1.807) is 6.92 Å². The summed E-state index contributed by atoms with van der Waals surface area (Å²) < 4.78 is 32.2. The lowest BCUT2D eigenvalue weighted by Gasteiger charge is -2.31. The van der Waals surface area contributed by atoms with E-state index in [1.807, 2.05) is 23.6 Å². The summed E-state index contributed by atoms with van der Waals surface area (Å²) in [5, 5.41) is 10.5. The first kappa shape index (κ1) is 36.2. The number of aliphatic hydroxyl groups is 1. The van der Waals surface area contributed by atoms with Gasteiger partial charge in [-0.15, -0.1) is 0 Å². The SMILES string of the molecule is COC(=O)c1cc(C(C)=O)c2oc(N3CCO[C@H](C)C3)cc(=O)c2c1.COC(=O)c1cc(C(C)O)c2oc(N3CCO[C@H](C)C3)cc(=O)c2c1. The molecule has 50 heavy (non-hydrogen) atoms. The number of ether oxygens (including phenoxy) is 4. The number of esters is 2. The van der Waals surface area contributed by atoms with Gasteiger partial charge in [0.05, 0.1) is 73.2 Å². The number of ketones is 1. The maximum absolute atomic E-state index is 12.6. The molecule has 2 aliphatic rings. The first-order valence-corrected chi connectivity index (χ1v) is 16.1. The van der Waals surface area contributed by atoms with Gasteiger partial charge in [0.15, 0.2) is 34.0 Å². The number of nitrogens with zero attached hydrogens (tertiary/aromatic N) is 2. The van der Waals surface area contributed by atoms with Crippen molar-refractivity contribution in [2.75, 3.05) is 63.4 Å². The second-order valence-electron chi connectivity index (χ2n) is 12.2. The molecule has 2 fully saturated rings. The summed E-state index contributed by atoms with van der Waals surface area (Å²) in [6, 6.07) is 8.51. The molecule has 2 saturated heterocycles. The van der Waals surface area contributed by atoms with Crippen molar-refractivity contribution in [1.82, 2.24) is 0 Å². The minimum Gasteiger partial charge on any atom is -0.465 e. The van der Waals surface area contributed by atoms with Crippen LogP contribution < -0.4 is 20.7 Å². The van der Waals surface area contributed by atoms with E-state index in [-0.39, 0.29) is 67.5 Å². The second-order valence-corrected chi connectivity index (χ2v) is 12.2. The Hall–Kier alpha value is -5.05. The van der Waals surface area contributed by atoms with Gasteiger partial charge in [0.2, 0.25) is 0 Å². The Morgan fingerprint density at radius 1 is 0.760 bits per heavy atom. The highest BCUT2D eigenvalue weighted by Gasteiger charge is 2.24. The Morgan fingerprint density at radius 2 is 1.22 bits per heavy atom. The van der Waals surface area contributed by atoms with Gasteiger partial charge in [-0.2, -0.15) is 0 Å². The highest BCUT2D eigenvalue weighted by atomic mass is 16.5. The van der Waals surface area contributed by atoms with Crippen molar-refractivity contribution in [3.8, 4) is 0 Å². The van der Waals surface area contributed by atoms with E-state index in [2.05, 4.69) is 4.74 Å². The number of methoxy groups -OCH3 is 2. The van der Waals surface area contributed by atoms with Crippen LogP contribution in [0.1, 0.15) is 70.4 Å². The van der Waals surface area contributed by atoms with Crippen LogP contribution in [0.5, 0.6) is 0 Å². The highest BCUT2D eigenvalue weighted by molar-refractivity contribution is 6.08. The molecule has 6 rings (SSSR count). The minimum atomic E-state index is -0.908. The van der Waals surface area contributed by atoms with Crippen LogP contribution in [0.4, 0.5) is 11.8 Å². The van der Waals surface area contributed by atoms with Crippen LogP contribution in [0, 0.1) is 0 Å². The molecule has 1 unspecified atom stereocenters. The largest absolute Gasteiger partial charge is 0.465 e. The average Bonchev–Trinajstić information content (AvgIpc) is 3.10. The Bertz CT molecular complexity index is 2050. The predicted molar refractivity (Wildman–Crippen MR) is 184 cm³/mol. The highest BCUT2D eigenvalue weighted by Crippen LogP contribution is 2.29. The van der Waals surface area contributed by atoms with Crippen molar-refractivity contribution in [1.29, 1.82) is 0 Å². The van der Waals surface area contributed by atoms with E-state index >= 15 is 0 Å². The zero-order chi connectivity index (χ0) is 36.3. The molecule has 0 saturated carbocycles. The van der Waals surface area contributed by atoms with Gasteiger partial charge in [0.25, 0.3) is 0 Å². The molecule has 2 aromatic carbocycles. The molecule has 0 bridgehead atoms. The minimum absolute atomic E-state index is 0.0173. The number of aliphatic hydroxyl groups excluding tert-OH is 1. The van der Waals surface area contributed by atoms with Crippen LogP contribution in [-0.2, 0) is 18.9 Å². The Kier molecular flexibility index (Phi) is 11.0. The lowest BCUT2D eigenvalue weighted by molar-refractivity contribution is 0.0516. The van der Waals surface area contributed by atoms with Gasteiger partial charge in [-0.1, -0.05) is 0 Å². The third-order valence-electron chi connectivity index (χ3n) is 8.44. The maximum Gasteiger partial charge on any atom is 0.337 e. The zero-order valence-corrected chi connectivity index (χ0v) is 28.8. The molecule has 14 heteroatoms. The Morgan fingerprint density at radius 3 is 1.66 bits per heavy atom. The Balaban J connectivity index is 0.000000194. The fourth-order valence-corrected chi connectivity index (χ4v) is 5.91. The van der Waals surface area contributed by atoms with E-state index in [9.17, 15) is 29.1 Å². The topological polar surface area (TPSA) is 175 Å². The van der Waals surface area contributed by atoms with E-state index in [0.29, 0.717) is 56.7 Å². The molecule has 2 aliphatic heterocycles. The number of hydrogen-bond donors (Lipinski definition) is 1. The number of carbonyl (C=O) groups is 3. The number of morpholine rings is 2. The third kappa shape index (κ3) is 7.72. The molecule has 14 nitrogen and oxygen atoms in total. The van der Waals surface area contributed by atoms with Crippen LogP contribution >= 0.6 is 0 Å². The quantitative estimate of drug-likeness (QED) is 0.228. The van der Waals surface area contributed by atoms with Gasteiger partial charge in [0.1, 0.15) is 5.58 Å². The molecule has 4 heterocycles. The molecule has 0 radical (unpaired) electrons. The standard InChI is InChI=1S/C18H21NO6.C18H19NO6/c2*1-10-9-19(4-5-24-10)16-8-15(21)14-7-12(18(22)23-3)6-13(11(2)20)17(14)25-16/h6-8,10-11,20H,4-5,9H2,1-3H3;6-8,10H,4-5,9H2,1-3H3/t10-,11?;10-/m11/s1. The first-order chi connectivity index (χ1) is 23.8. The number of rotatable bonds is 6. The van der Waals surface area contributed by atoms with Crippen LogP contribution in [0.2, 0.25) is 0 Å². The Labute approximate surface area is 287 Å². The van der Waals surface area contributed by atoms with Gasteiger partial charge in [-0.3, -0.25) is 14.4 Å². The van der Waals surface area contributed by atoms with E-state index < -0.39 is 18.0 Å². The normalized spacial score (nSPS) is 18.3. The summed E-state index contributed by atoms with van der Waals surface area (Å²) in [5.41, 5.74) is 0.764. The van der Waals surface area contributed by atoms with Gasteiger partial charge >= 0.3 is 11.9 Å². The number of Topliss-reactive ketones (excluding diaryl/α,β-unsaturated/α-hetero) is 1. The number of hydrogen-bond acceptors (Lipinski definition) is 14. The van der Waals surface area contributed by atoms with E-state index in [4.69, 9.17) is 23.0 Å². The average molecular weight is 693 g/mol. The smallest absolute Gasteiger partial charge is 0.337 e. The van der Waals surface area contributed by atoms with Gasteiger partial charge in [-0.05, 0) is 52.0 Å². The number of benzene rings is 2. The summed E-state index contributed by atoms with van der Waals surface area (Å²) >= 11 is 0. The lowest BCUT2D eigenvalue weighted by Crippen LogP contribution is -2.41. The second kappa shape index (κ2) is 15.2. The molecular weight excluding hydrogens is 652 g/mol. The van der Waals surface area contributed by atoms with Crippen molar-refractivity contribution >= 4 is 51.4 Å². The van der Waals surface area contributed by atoms with E-state index in [1.165, 1.54) is 57.5 Å². The lowest BCUT2D eigenvalue weighted by atomic mass is 10.0. The summed E-state index contributed by atoms with van der Waals surface area (Å²) in [5.74, 6) is -0.670. The van der Waals surface area contributed by atoms with Crippen molar-refractivity contribution < 1.29 is 47.3 Å². The number of fused-ring (bicyclic) bond motifs is 2. The molecule has 0 aliphatic carbocycles. The predicted octanol–water partition coefficient (Wildman–Crippen LogP) is 3.87. The van der Waals surface area contributed by atoms with Gasteiger partial charge in [-0.25, -0.2) is 9.59 Å². The first-order valence-electron chi connectivity index (χ1n) is 16.1. The van der Waals surface area contributed by atoms with E-state index in [0.717, 1.165) is 0 Å². The fourth-order valence-electron chi connectivity index (χ4n) is 5.91. The number of carbonyl (C=O) groups excluding carboxylic acids is 3. The van der Waals surface area contributed by atoms with Crippen molar-refractivity contribution in [2.45, 2.75) is 46.0 Å². The summed E-state index contributed by atoms with van der Waals surface area (Å²) in [4.78, 5) is 64.7. The fraction of sp³-hybridized carbons (Fsp3) is 0.417. The molecule has 0 spiro atoms. The van der Waals surface area contributed by atoms with Gasteiger partial charge in [0, 0.05) is 43.9 Å². The molecule has 0 amide bonds. The molecule has 4 aromatic rings. The summed E-state index contributed by atoms with van der Waals surface area (Å²) in [6.07, 6.45) is -0.856. The monoisotopic (exact) mass is 692 g/mol. The molecule has 3 atom stereocenters. The van der Waals surface area contributed by atoms with Crippen LogP contribution in [0.15, 0.2) is 54.8 Å². The third-order valence-corrected chi connectivity index (χ3v) is 8.44. The molecule has 266 valence electrons. The van der Waals surface area contributed by atoms with Crippen LogP contribution in [-0.4, -0.2) is 88.6 Å². The van der Waals surface area contributed by atoms with Crippen molar-refractivity contribution in [3.05, 3.63) is 79.1 Å². The van der Waals surface area contributed by atoms with Gasteiger partial charge < -0.3 is 42.7 Å². The molecular formula is C36H40N2O12. The molecule has 2 aromatic heterocycles. The van der Waals surface area contributed by atoms with Crippen LogP contribution in [0.3, 0.4) is 0 Å². The zero-order valence-electron chi connectivity index (χ0n) is 28.8. The summed E-state index contributed by atoms with van der Waals surface area (Å²) in [6.45, 7) is 10.3. The van der Waals surface area contributed by atoms with Crippen molar-refractivity contribution in [2.24, 2.45) is 0 Å².